The van der Waals surface area contributed by atoms with E-state index in [-0.39, 0.29) is 11.1 Å². The number of aliphatic hydroxyl groups is 1. The highest BCUT2D eigenvalue weighted by Crippen LogP contribution is 2.69. The maximum Gasteiger partial charge on any atom is 0.338 e. The van der Waals surface area contributed by atoms with Gasteiger partial charge in [0.1, 0.15) is 37.1 Å². The third-order valence-electron chi connectivity index (χ3n) is 12.0. The molecule has 0 spiro atoms. The van der Waals surface area contributed by atoms with Crippen molar-refractivity contribution in [3.8, 4) is 0 Å². The molecule has 1 saturated heterocycles. The van der Waals surface area contributed by atoms with E-state index in [2.05, 4.69) is 6.58 Å². The van der Waals surface area contributed by atoms with Gasteiger partial charge in [-0.25, -0.2) is 4.79 Å². The summed E-state index contributed by atoms with van der Waals surface area (Å²) in [6.07, 6.45) is -9.20. The lowest BCUT2D eigenvalue weighted by molar-refractivity contribution is -0.308. The maximum atomic E-state index is 15.0. The molecule has 1 N–H and O–H groups in total. The zero-order valence-electron chi connectivity index (χ0n) is 33.0. The van der Waals surface area contributed by atoms with Gasteiger partial charge in [-0.15, -0.1) is 0 Å². The molecular formula is C40H48O17. The highest BCUT2D eigenvalue weighted by atomic mass is 16.6. The Labute approximate surface area is 328 Å². The first-order valence-corrected chi connectivity index (χ1v) is 18.4. The van der Waals surface area contributed by atoms with Crippen molar-refractivity contribution in [2.45, 2.75) is 104 Å². The van der Waals surface area contributed by atoms with Crippen LogP contribution in [0.5, 0.6) is 0 Å². The fourth-order valence-electron chi connectivity index (χ4n) is 9.90. The Balaban J connectivity index is 1.98. The molecule has 1 heterocycles. The molecule has 1 aromatic carbocycles. The Bertz CT molecular complexity index is 1860. The number of carbonyl (C=O) groups excluding carboxylic acids is 8. The van der Waals surface area contributed by atoms with Gasteiger partial charge < -0.3 is 43.0 Å². The largest absolute Gasteiger partial charge is 0.465 e. The van der Waals surface area contributed by atoms with E-state index in [1.165, 1.54) is 26.0 Å². The van der Waals surface area contributed by atoms with Crippen molar-refractivity contribution in [2.24, 2.45) is 28.6 Å². The second-order valence-electron chi connectivity index (χ2n) is 15.5. The number of carbonyl (C=O) groups is 8. The Kier molecular flexibility index (Phi) is 11.8. The van der Waals surface area contributed by atoms with Gasteiger partial charge in [0, 0.05) is 65.2 Å². The monoisotopic (exact) mass is 800 g/mol. The average Bonchev–Trinajstić information content (AvgIpc) is 3.27. The van der Waals surface area contributed by atoms with E-state index in [9.17, 15) is 43.5 Å². The molecule has 0 aromatic heterocycles. The summed E-state index contributed by atoms with van der Waals surface area (Å²) in [5.74, 6) is -11.7. The number of ketones is 1. The van der Waals surface area contributed by atoms with Crippen LogP contribution in [0.25, 0.3) is 0 Å². The minimum Gasteiger partial charge on any atom is -0.465 e. The molecule has 5 rings (SSSR count). The Morgan fingerprint density at radius 1 is 0.772 bits per heavy atom. The quantitative estimate of drug-likeness (QED) is 0.203. The molecule has 3 aliphatic carbocycles. The summed E-state index contributed by atoms with van der Waals surface area (Å²) >= 11 is 0. The summed E-state index contributed by atoms with van der Waals surface area (Å²) < 4.78 is 47.7. The standard InChI is InChI=1S/C40H48O17/c1-19-28(53-21(3)42)15-29(54-22(4)43)39(18-51-36(48)26-13-11-10-12-14-26)30(19)32(55-23(5)44)31-27(16-50-20(2)41)33(47)38(9)40(49,37(31,8)17-52-38)35(57-25(7)46)34(39)56-24(6)45/h10-14,27-32,34-35,49H,1,15-18H2,2-9H3/t27-,28+,29+,30+,31+,32+,34+,35+,37+,38-,39-,40+/m1/s1. The lowest BCUT2D eigenvalue weighted by atomic mass is 9.41. The van der Waals surface area contributed by atoms with Crippen LogP contribution in [-0.2, 0) is 71.5 Å². The van der Waals surface area contributed by atoms with Gasteiger partial charge in [-0.1, -0.05) is 31.7 Å². The van der Waals surface area contributed by atoms with Crippen LogP contribution in [0.15, 0.2) is 42.5 Å². The first-order valence-electron chi connectivity index (χ1n) is 18.4. The molecule has 12 atom stereocenters. The molecule has 3 saturated carbocycles. The minimum atomic E-state index is -2.69. The first kappa shape index (κ1) is 43.0. The highest BCUT2D eigenvalue weighted by molar-refractivity contribution is 5.94. The number of ether oxygens (including phenoxy) is 8. The van der Waals surface area contributed by atoms with Crippen molar-refractivity contribution >= 4 is 47.6 Å². The van der Waals surface area contributed by atoms with Crippen LogP contribution in [0.4, 0.5) is 0 Å². The molecular weight excluding hydrogens is 752 g/mol. The predicted molar refractivity (Wildman–Crippen MR) is 190 cm³/mol. The van der Waals surface area contributed by atoms with Gasteiger partial charge in [0.15, 0.2) is 23.6 Å². The number of hydrogen-bond donors (Lipinski definition) is 1. The molecule has 0 radical (unpaired) electrons. The first-order chi connectivity index (χ1) is 26.6. The van der Waals surface area contributed by atoms with Crippen molar-refractivity contribution in [3.63, 3.8) is 0 Å². The zero-order valence-corrected chi connectivity index (χ0v) is 33.0. The van der Waals surface area contributed by atoms with Gasteiger partial charge in [-0.05, 0) is 24.6 Å². The van der Waals surface area contributed by atoms with E-state index in [4.69, 9.17) is 37.9 Å². The number of hydrogen-bond acceptors (Lipinski definition) is 17. The summed E-state index contributed by atoms with van der Waals surface area (Å²) in [4.78, 5) is 107. The lowest BCUT2D eigenvalue weighted by Gasteiger charge is -2.66. The number of esters is 7. The van der Waals surface area contributed by atoms with E-state index >= 15 is 0 Å². The van der Waals surface area contributed by atoms with Crippen molar-refractivity contribution in [1.82, 2.24) is 0 Å². The second-order valence-corrected chi connectivity index (χ2v) is 15.5. The number of benzene rings is 1. The summed E-state index contributed by atoms with van der Waals surface area (Å²) in [7, 11) is 0. The molecule has 17 heteroatoms. The third kappa shape index (κ3) is 7.08. The van der Waals surface area contributed by atoms with Gasteiger partial charge in [-0.2, -0.15) is 0 Å². The van der Waals surface area contributed by atoms with E-state index in [0.717, 1.165) is 41.5 Å². The molecule has 4 bridgehead atoms. The Hall–Kier alpha value is -5.16. The molecule has 0 amide bonds. The molecule has 310 valence electrons. The molecule has 4 fully saturated rings. The minimum absolute atomic E-state index is 0.0330. The predicted octanol–water partition coefficient (Wildman–Crippen LogP) is 1.98. The van der Waals surface area contributed by atoms with Crippen LogP contribution in [0.3, 0.4) is 0 Å². The molecule has 4 aliphatic rings. The maximum absolute atomic E-state index is 15.0. The van der Waals surface area contributed by atoms with E-state index in [0.29, 0.717) is 0 Å². The van der Waals surface area contributed by atoms with Gasteiger partial charge >= 0.3 is 41.8 Å². The van der Waals surface area contributed by atoms with Crippen LogP contribution in [0.1, 0.15) is 72.2 Å². The molecule has 57 heavy (non-hydrogen) atoms. The SMILES string of the molecule is C=C1[C@@H](OC(C)=O)C[C@H](OC(C)=O)[C@@]2(COC(=O)c3ccccc3)[C@@H](OC(C)=O)[C@H](OC(C)=O)[C@]3(O)[C@@]4(C)CO[C@]3(C)C(=O)[C@H](COC(C)=O)[C@H]4[C@@H](OC(C)=O)[C@H]12. The lowest BCUT2D eigenvalue weighted by Crippen LogP contribution is -2.82. The number of Topliss-reactive ketones (excluding diaryl/α,β-unsaturated/α-hetero) is 1. The molecule has 1 aromatic rings. The summed E-state index contributed by atoms with van der Waals surface area (Å²) in [5, 5.41) is 13.5. The van der Waals surface area contributed by atoms with Crippen molar-refractivity contribution in [1.29, 1.82) is 0 Å². The van der Waals surface area contributed by atoms with Gasteiger partial charge in [0.25, 0.3) is 0 Å². The molecule has 17 nitrogen and oxygen atoms in total. The normalized spacial score (nSPS) is 36.6. The van der Waals surface area contributed by atoms with Crippen LogP contribution < -0.4 is 0 Å². The van der Waals surface area contributed by atoms with Gasteiger partial charge in [-0.3, -0.25) is 33.6 Å². The molecule has 0 unspecified atom stereocenters. The average molecular weight is 801 g/mol. The van der Waals surface area contributed by atoms with Crippen molar-refractivity contribution in [2.75, 3.05) is 19.8 Å². The zero-order chi connectivity index (χ0) is 42.4. The smallest absolute Gasteiger partial charge is 0.338 e. The summed E-state index contributed by atoms with van der Waals surface area (Å²) in [5.41, 5.74) is -9.01. The van der Waals surface area contributed by atoms with Crippen LogP contribution in [0.2, 0.25) is 0 Å². The topological polar surface area (TPSA) is 231 Å². The summed E-state index contributed by atoms with van der Waals surface area (Å²) in [6, 6.07) is 7.72. The van der Waals surface area contributed by atoms with E-state index in [1.807, 2.05) is 0 Å². The van der Waals surface area contributed by atoms with Crippen LogP contribution >= 0.6 is 0 Å². The summed E-state index contributed by atoms with van der Waals surface area (Å²) in [6.45, 7) is 11.5. The fourth-order valence-corrected chi connectivity index (χ4v) is 9.90. The Morgan fingerprint density at radius 2 is 1.33 bits per heavy atom. The Morgan fingerprint density at radius 3 is 1.88 bits per heavy atom. The second kappa shape index (κ2) is 15.6. The van der Waals surface area contributed by atoms with E-state index in [1.54, 1.807) is 18.2 Å². The van der Waals surface area contributed by atoms with Crippen molar-refractivity contribution < 1.29 is 81.4 Å². The number of rotatable bonds is 10. The molecule has 1 aliphatic heterocycles. The highest BCUT2D eigenvalue weighted by Gasteiger charge is 2.85. The van der Waals surface area contributed by atoms with Gasteiger partial charge in [0.05, 0.1) is 23.5 Å². The van der Waals surface area contributed by atoms with E-state index < -0.39 is 144 Å². The van der Waals surface area contributed by atoms with Crippen LogP contribution in [-0.4, -0.2) is 114 Å². The number of fused-ring (bicyclic) bond motifs is 1. The third-order valence-corrected chi connectivity index (χ3v) is 12.0. The van der Waals surface area contributed by atoms with Crippen LogP contribution in [0, 0.1) is 28.6 Å². The van der Waals surface area contributed by atoms with Crippen molar-refractivity contribution in [3.05, 3.63) is 48.0 Å². The fraction of sp³-hybridized carbons (Fsp3) is 0.600. The van der Waals surface area contributed by atoms with Gasteiger partial charge in [0.2, 0.25) is 0 Å².